The number of halogens is 1. The Morgan fingerprint density at radius 2 is 1.81 bits per heavy atom. The predicted molar refractivity (Wildman–Crippen MR) is 121 cm³/mol. The number of fused-ring (bicyclic) bond motifs is 2. The van der Waals surface area contributed by atoms with Gasteiger partial charge in [-0.2, -0.15) is 5.06 Å². The summed E-state index contributed by atoms with van der Waals surface area (Å²) in [5.74, 6) is 3.50. The number of ether oxygens (including phenoxy) is 1. The van der Waals surface area contributed by atoms with Crippen molar-refractivity contribution in [2.75, 3.05) is 6.51 Å². The number of allylic oxidation sites excluding steroid dienone is 4. The largest absolute Gasteiger partial charge is 0.320 e. The van der Waals surface area contributed by atoms with E-state index >= 15 is 0 Å². The molecule has 31 heavy (non-hydrogen) atoms. The minimum atomic E-state index is -0.471. The van der Waals surface area contributed by atoms with Crippen LogP contribution in [-0.2, 0) is 24.0 Å². The first-order chi connectivity index (χ1) is 14.4. The van der Waals surface area contributed by atoms with Crippen molar-refractivity contribution in [3.8, 4) is 0 Å². The molecule has 0 aromatic heterocycles. The summed E-state index contributed by atoms with van der Waals surface area (Å²) in [5, 5.41) is 7.86. The van der Waals surface area contributed by atoms with Gasteiger partial charge in [0.2, 0.25) is 0 Å². The third-order valence-corrected chi connectivity index (χ3v) is 3.60. The van der Waals surface area contributed by atoms with Gasteiger partial charge in [-0.15, -0.1) is 12.4 Å². The summed E-state index contributed by atoms with van der Waals surface area (Å²) in [6.45, 7) is 7.20. The fourth-order valence-electron chi connectivity index (χ4n) is 2.45. The van der Waals surface area contributed by atoms with Crippen LogP contribution in [0.2, 0.25) is 6.82 Å². The van der Waals surface area contributed by atoms with E-state index in [1.807, 2.05) is 32.9 Å². The molecule has 0 saturated carbocycles. The molecule has 1 saturated heterocycles. The molecule has 1 amide bonds. The van der Waals surface area contributed by atoms with E-state index in [-0.39, 0.29) is 37.2 Å². The molecule has 9 nitrogen and oxygen atoms in total. The maximum absolute atomic E-state index is 11.7. The Morgan fingerprint density at radius 3 is 2.13 bits per heavy atom. The van der Waals surface area contributed by atoms with Gasteiger partial charge in [-0.05, 0) is 46.5 Å². The fourth-order valence-corrected chi connectivity index (χ4v) is 2.45. The van der Waals surface area contributed by atoms with E-state index in [1.54, 1.807) is 6.82 Å². The van der Waals surface area contributed by atoms with Crippen LogP contribution in [0.5, 0.6) is 0 Å². The molecule has 12 heteroatoms. The third-order valence-electron chi connectivity index (χ3n) is 3.60. The summed E-state index contributed by atoms with van der Waals surface area (Å²) in [6, 6.07) is 0.0462. The van der Waals surface area contributed by atoms with Gasteiger partial charge in [0.05, 0.1) is 6.04 Å². The van der Waals surface area contributed by atoms with Gasteiger partial charge in [0, 0.05) is 0 Å². The van der Waals surface area contributed by atoms with Crippen molar-refractivity contribution in [3.63, 3.8) is 0 Å². The topological polar surface area (TPSA) is 121 Å². The minimum absolute atomic E-state index is 0. The molecule has 2 heterocycles. The van der Waals surface area contributed by atoms with Crippen LogP contribution in [0.15, 0.2) is 36.5 Å². The van der Waals surface area contributed by atoms with Gasteiger partial charge in [0.25, 0.3) is 0 Å². The molecular weight excluding hydrogens is 425 g/mol. The number of hydroxylamine groups is 2. The maximum Gasteiger partial charge on any atom is -0.147 e. The molecule has 2 aliphatic carbocycles. The summed E-state index contributed by atoms with van der Waals surface area (Å²) in [6.07, 6.45) is 16.6. The summed E-state index contributed by atoms with van der Waals surface area (Å²) in [7, 11) is 1.97. The molecule has 2 aliphatic heterocycles. The van der Waals surface area contributed by atoms with Gasteiger partial charge in [0.1, 0.15) is 11.7 Å². The first-order valence-corrected chi connectivity index (χ1v) is 9.82. The molecule has 2 unspecified atom stereocenters. The number of amides is 1. The first kappa shape index (κ1) is 31.7. The second-order valence-corrected chi connectivity index (χ2v) is 7.20. The molecule has 0 aromatic carbocycles. The predicted octanol–water partition coefficient (Wildman–Crippen LogP) is 3.51. The molecule has 0 spiro atoms. The zero-order valence-corrected chi connectivity index (χ0v) is 19.5. The van der Waals surface area contributed by atoms with Gasteiger partial charge >= 0.3 is 48.5 Å². The van der Waals surface area contributed by atoms with Crippen LogP contribution in [0, 0.1) is 0 Å². The monoisotopic (exact) mass is 459 g/mol. The molecule has 175 valence electrons. The van der Waals surface area contributed by atoms with E-state index in [0.29, 0.717) is 7.15 Å². The van der Waals surface area contributed by atoms with Gasteiger partial charge < -0.3 is 9.94 Å². The molecular formula is C19H34B2ClN2O7. The van der Waals surface area contributed by atoms with Crippen molar-refractivity contribution < 1.29 is 34.0 Å². The van der Waals surface area contributed by atoms with E-state index in [9.17, 15) is 9.50 Å². The number of nitrogens with zero attached hydrogens (tertiary/aromatic N) is 1. The van der Waals surface area contributed by atoms with E-state index in [4.69, 9.17) is 14.8 Å². The Hall–Kier alpha value is -1.49. The van der Waals surface area contributed by atoms with Crippen LogP contribution in [-0.4, -0.2) is 55.2 Å². The zero-order valence-electron chi connectivity index (χ0n) is 18.6. The van der Waals surface area contributed by atoms with Crippen LogP contribution >= 0.6 is 12.4 Å². The van der Waals surface area contributed by atoms with Crippen molar-refractivity contribution in [1.29, 1.82) is 0 Å². The summed E-state index contributed by atoms with van der Waals surface area (Å²) in [5.41, 5.74) is -0.471. The number of rotatable bonds is 4. The van der Waals surface area contributed by atoms with Crippen LogP contribution in [0.1, 0.15) is 46.5 Å². The van der Waals surface area contributed by atoms with E-state index in [2.05, 4.69) is 39.9 Å². The Balaban J connectivity index is 0. The van der Waals surface area contributed by atoms with Crippen molar-refractivity contribution in [2.24, 2.45) is 5.90 Å². The molecule has 0 aromatic rings. The van der Waals surface area contributed by atoms with Gasteiger partial charge in [0.15, 0.2) is 0 Å². The normalized spacial score (nSPS) is 19.7. The van der Waals surface area contributed by atoms with Crippen LogP contribution in [0.25, 0.3) is 0 Å². The summed E-state index contributed by atoms with van der Waals surface area (Å²) >= 11 is 0. The average molecular weight is 460 g/mol. The van der Waals surface area contributed by atoms with Crippen molar-refractivity contribution in [1.82, 2.24) is 5.06 Å². The summed E-state index contributed by atoms with van der Waals surface area (Å²) < 4.78 is 14.7. The number of hydrogen-bond donors (Lipinski definition) is 2. The smallest absolute Gasteiger partial charge is 0.147 e. The molecule has 2 atom stereocenters. The second-order valence-electron chi connectivity index (χ2n) is 7.20. The molecule has 1 fully saturated rings. The molecule has 2 bridgehead atoms. The van der Waals surface area contributed by atoms with Crippen molar-refractivity contribution in [3.05, 3.63) is 36.5 Å². The standard InChI is InChI=1S/C11H17NO3.C6H8.C2H5B2O3.ClH.H3NO/c1-11(2,3)14-10(13)12-8-4-6-9(15-12)7-5-8;1-2-4-6-5-3-1;1-3-7-6-2-4-5;;1-2/h4,6,8-9H,5,7H2,1-3H3;1-4H,5-6H2;2H2,1H3;1H;2H,1H2. The van der Waals surface area contributed by atoms with Crippen LogP contribution < -0.4 is 5.90 Å². The molecule has 1 radical (unpaired) electrons. The Morgan fingerprint density at radius 1 is 1.19 bits per heavy atom. The number of carbonyl (C=O) groups is 1. The van der Waals surface area contributed by atoms with E-state index in [1.165, 1.54) is 25.4 Å². The van der Waals surface area contributed by atoms with Crippen molar-refractivity contribution >= 4 is 33.1 Å². The Bertz CT molecular complexity index is 560. The minimum Gasteiger partial charge on any atom is -0.320 e. The zero-order chi connectivity index (χ0) is 22.8. The Labute approximate surface area is 192 Å². The average Bonchev–Trinajstić information content (AvgIpc) is 2.77. The number of hydrogen-bond acceptors (Lipinski definition) is 8. The van der Waals surface area contributed by atoms with E-state index in [0.717, 1.165) is 12.8 Å². The maximum atomic E-state index is 11.7. The first-order valence-electron chi connectivity index (χ1n) is 9.82. The number of carbonyl (C=O) groups excluding carboxylic acids is 1. The van der Waals surface area contributed by atoms with Crippen LogP contribution in [0.3, 0.4) is 0 Å². The van der Waals surface area contributed by atoms with Gasteiger partial charge in [-0.1, -0.05) is 36.5 Å². The van der Waals surface area contributed by atoms with Crippen molar-refractivity contribution in [2.45, 2.75) is 71.0 Å². The molecule has 4 aliphatic rings. The SMILES string of the molecule is C1=CCCC=C1.CC(C)(C)OC(=O)N1OC2C=CC1CC2.C[B]OOCB=O.Cl.NO. The number of nitrogens with two attached hydrogens (primary N) is 1. The second kappa shape index (κ2) is 19.2. The third kappa shape index (κ3) is 15.9. The van der Waals surface area contributed by atoms with Gasteiger partial charge in [-0.25, -0.2) is 10.7 Å². The fraction of sp³-hybridized carbons (Fsp3) is 0.632. The molecule has 3 N–H and O–H groups in total. The van der Waals surface area contributed by atoms with E-state index < -0.39 is 5.60 Å². The Kier molecular flexibility index (Phi) is 19.6. The van der Waals surface area contributed by atoms with Crippen LogP contribution in [0.4, 0.5) is 4.79 Å². The quantitative estimate of drug-likeness (QED) is 0.215. The van der Waals surface area contributed by atoms with Gasteiger partial charge in [-0.3, -0.25) is 4.84 Å². The summed E-state index contributed by atoms with van der Waals surface area (Å²) in [4.78, 5) is 25.6. The molecule has 4 rings (SSSR count).